The van der Waals surface area contributed by atoms with Crippen molar-refractivity contribution in [1.82, 2.24) is 4.90 Å². The normalized spacial score (nSPS) is 10.4. The topological polar surface area (TPSA) is 32.3 Å². The molecule has 1 aromatic carbocycles. The predicted molar refractivity (Wildman–Crippen MR) is 71.9 cm³/mol. The van der Waals surface area contributed by atoms with E-state index >= 15 is 0 Å². The van der Waals surface area contributed by atoms with Crippen molar-refractivity contribution in [1.29, 1.82) is 0 Å². The predicted octanol–water partition coefficient (Wildman–Crippen LogP) is 2.73. The van der Waals surface area contributed by atoms with Crippen LogP contribution in [0, 0.1) is 5.92 Å². The molecule has 3 heteroatoms. The molecule has 0 aliphatic carbocycles. The average molecular weight is 234 g/mol. The molecule has 0 unspecified atom stereocenters. The molecule has 1 rings (SSSR count). The van der Waals surface area contributed by atoms with Crippen LogP contribution in [0.15, 0.2) is 24.3 Å². The molecule has 0 aliphatic heterocycles. The summed E-state index contributed by atoms with van der Waals surface area (Å²) in [5.41, 5.74) is 2.27. The minimum atomic E-state index is 0.0885. The molecule has 0 saturated carbocycles. The van der Waals surface area contributed by atoms with Gasteiger partial charge in [-0.3, -0.25) is 4.79 Å². The number of hydrogen-bond acceptors (Lipinski definition) is 2. The van der Waals surface area contributed by atoms with Crippen LogP contribution in [0.25, 0.3) is 0 Å². The van der Waals surface area contributed by atoms with Gasteiger partial charge in [-0.1, -0.05) is 26.0 Å². The highest BCUT2D eigenvalue weighted by Gasteiger charge is 2.03. The van der Waals surface area contributed by atoms with Gasteiger partial charge in [0.1, 0.15) is 0 Å². The number of hydrogen-bond donors (Lipinski definition) is 1. The molecule has 0 atom stereocenters. The summed E-state index contributed by atoms with van der Waals surface area (Å²) in [5, 5.41) is 3.38. The van der Waals surface area contributed by atoms with Crippen LogP contribution >= 0.6 is 0 Å². The Kier molecular flexibility index (Phi) is 5.01. The van der Waals surface area contributed by atoms with Gasteiger partial charge in [0.25, 0.3) is 0 Å². The van der Waals surface area contributed by atoms with E-state index in [-0.39, 0.29) is 5.91 Å². The standard InChI is InChI=1S/C14H22N2O/c1-11(2)9-15-14-7-5-6-13(8-14)10-16(4)12(3)17/h5-8,11,15H,9-10H2,1-4H3. The van der Waals surface area contributed by atoms with Crippen molar-refractivity contribution in [2.75, 3.05) is 18.9 Å². The maximum atomic E-state index is 11.2. The van der Waals surface area contributed by atoms with Gasteiger partial charge in [-0.2, -0.15) is 0 Å². The van der Waals surface area contributed by atoms with Gasteiger partial charge >= 0.3 is 0 Å². The van der Waals surface area contributed by atoms with Crippen LogP contribution in [0.3, 0.4) is 0 Å². The maximum absolute atomic E-state index is 11.2. The van der Waals surface area contributed by atoms with Crippen LogP contribution < -0.4 is 5.32 Å². The smallest absolute Gasteiger partial charge is 0.219 e. The summed E-state index contributed by atoms with van der Waals surface area (Å²) in [6, 6.07) is 8.22. The first-order valence-corrected chi connectivity index (χ1v) is 6.03. The highest BCUT2D eigenvalue weighted by molar-refractivity contribution is 5.72. The molecule has 94 valence electrons. The summed E-state index contributed by atoms with van der Waals surface area (Å²) in [5.74, 6) is 0.712. The van der Waals surface area contributed by atoms with E-state index in [0.29, 0.717) is 12.5 Å². The van der Waals surface area contributed by atoms with Crippen molar-refractivity contribution in [2.24, 2.45) is 5.92 Å². The van der Waals surface area contributed by atoms with E-state index in [1.807, 2.05) is 19.2 Å². The first kappa shape index (κ1) is 13.6. The van der Waals surface area contributed by atoms with Crippen molar-refractivity contribution in [3.05, 3.63) is 29.8 Å². The fourth-order valence-electron chi connectivity index (χ4n) is 1.49. The quantitative estimate of drug-likeness (QED) is 0.849. The van der Waals surface area contributed by atoms with Crippen molar-refractivity contribution in [2.45, 2.75) is 27.3 Å². The minimum Gasteiger partial charge on any atom is -0.385 e. The fraction of sp³-hybridized carbons (Fsp3) is 0.500. The Morgan fingerprint density at radius 2 is 2.12 bits per heavy atom. The lowest BCUT2D eigenvalue weighted by molar-refractivity contribution is -0.128. The molecule has 1 aromatic rings. The molecule has 17 heavy (non-hydrogen) atoms. The van der Waals surface area contributed by atoms with E-state index in [0.717, 1.165) is 17.8 Å². The summed E-state index contributed by atoms with van der Waals surface area (Å²) in [7, 11) is 1.82. The second-order valence-corrected chi connectivity index (χ2v) is 4.85. The highest BCUT2D eigenvalue weighted by atomic mass is 16.2. The molecule has 0 saturated heterocycles. The number of carbonyl (C=O) groups is 1. The average Bonchev–Trinajstić information content (AvgIpc) is 2.26. The molecule has 0 radical (unpaired) electrons. The van der Waals surface area contributed by atoms with Crippen molar-refractivity contribution < 1.29 is 4.79 Å². The SMILES string of the molecule is CC(=O)N(C)Cc1cccc(NCC(C)C)c1. The van der Waals surface area contributed by atoms with E-state index < -0.39 is 0 Å². The van der Waals surface area contributed by atoms with Gasteiger partial charge in [-0.25, -0.2) is 0 Å². The molecule has 1 amide bonds. The Morgan fingerprint density at radius 1 is 1.41 bits per heavy atom. The molecule has 0 aliphatic rings. The molecular formula is C14H22N2O. The lowest BCUT2D eigenvalue weighted by Crippen LogP contribution is -2.23. The zero-order chi connectivity index (χ0) is 12.8. The number of carbonyl (C=O) groups excluding carboxylic acids is 1. The maximum Gasteiger partial charge on any atom is 0.219 e. The molecule has 0 spiro atoms. The Labute approximate surface area is 104 Å². The van der Waals surface area contributed by atoms with Gasteiger partial charge in [0.05, 0.1) is 0 Å². The number of rotatable bonds is 5. The van der Waals surface area contributed by atoms with Gasteiger partial charge in [-0.05, 0) is 23.6 Å². The van der Waals surface area contributed by atoms with Gasteiger partial charge in [0, 0.05) is 32.7 Å². The minimum absolute atomic E-state index is 0.0885. The number of anilines is 1. The number of amides is 1. The fourth-order valence-corrected chi connectivity index (χ4v) is 1.49. The zero-order valence-corrected chi connectivity index (χ0v) is 11.2. The van der Waals surface area contributed by atoms with Gasteiger partial charge in [0.15, 0.2) is 0 Å². The Morgan fingerprint density at radius 3 is 2.71 bits per heavy atom. The van der Waals surface area contributed by atoms with Crippen LogP contribution in [0.2, 0.25) is 0 Å². The van der Waals surface area contributed by atoms with Gasteiger partial charge < -0.3 is 10.2 Å². The second kappa shape index (κ2) is 6.28. The molecule has 0 bridgehead atoms. The second-order valence-electron chi connectivity index (χ2n) is 4.85. The Bertz CT molecular complexity index is 374. The van der Waals surface area contributed by atoms with Gasteiger partial charge in [-0.15, -0.1) is 0 Å². The Hall–Kier alpha value is -1.51. The molecule has 1 N–H and O–H groups in total. The summed E-state index contributed by atoms with van der Waals surface area (Å²) in [6.45, 7) is 7.57. The van der Waals surface area contributed by atoms with E-state index in [1.165, 1.54) is 0 Å². The third-order valence-corrected chi connectivity index (χ3v) is 2.60. The van der Waals surface area contributed by atoms with Gasteiger partial charge in [0.2, 0.25) is 5.91 Å². The van der Waals surface area contributed by atoms with E-state index in [4.69, 9.17) is 0 Å². The number of nitrogens with zero attached hydrogens (tertiary/aromatic N) is 1. The molecular weight excluding hydrogens is 212 g/mol. The lowest BCUT2D eigenvalue weighted by atomic mass is 10.1. The summed E-state index contributed by atoms with van der Waals surface area (Å²) in [4.78, 5) is 12.9. The van der Waals surface area contributed by atoms with Crippen LogP contribution in [-0.4, -0.2) is 24.4 Å². The largest absolute Gasteiger partial charge is 0.385 e. The van der Waals surface area contributed by atoms with Crippen molar-refractivity contribution >= 4 is 11.6 Å². The molecule has 0 aromatic heterocycles. The number of benzene rings is 1. The van der Waals surface area contributed by atoms with E-state index in [1.54, 1.807) is 11.8 Å². The van der Waals surface area contributed by atoms with Crippen LogP contribution in [0.5, 0.6) is 0 Å². The monoisotopic (exact) mass is 234 g/mol. The first-order valence-electron chi connectivity index (χ1n) is 6.03. The zero-order valence-electron chi connectivity index (χ0n) is 11.2. The highest BCUT2D eigenvalue weighted by Crippen LogP contribution is 2.12. The van der Waals surface area contributed by atoms with Crippen LogP contribution in [0.4, 0.5) is 5.69 Å². The van der Waals surface area contributed by atoms with Crippen LogP contribution in [-0.2, 0) is 11.3 Å². The third kappa shape index (κ3) is 4.89. The molecule has 0 fully saturated rings. The van der Waals surface area contributed by atoms with Crippen molar-refractivity contribution in [3.8, 4) is 0 Å². The third-order valence-electron chi connectivity index (χ3n) is 2.60. The van der Waals surface area contributed by atoms with E-state index in [2.05, 4.69) is 31.3 Å². The summed E-state index contributed by atoms with van der Waals surface area (Å²) >= 11 is 0. The first-order chi connectivity index (χ1) is 7.99. The molecule has 0 heterocycles. The summed E-state index contributed by atoms with van der Waals surface area (Å²) < 4.78 is 0. The summed E-state index contributed by atoms with van der Waals surface area (Å²) in [6.07, 6.45) is 0. The number of nitrogens with one attached hydrogen (secondary N) is 1. The van der Waals surface area contributed by atoms with E-state index in [9.17, 15) is 4.79 Å². The van der Waals surface area contributed by atoms with Crippen molar-refractivity contribution in [3.63, 3.8) is 0 Å². The van der Waals surface area contributed by atoms with Crippen LogP contribution in [0.1, 0.15) is 26.3 Å². The Balaban J connectivity index is 2.62. The molecule has 3 nitrogen and oxygen atoms in total. The lowest BCUT2D eigenvalue weighted by Gasteiger charge is -2.16.